The first-order valence-electron chi connectivity index (χ1n) is 3.16. The largest absolute Gasteiger partial charge is 0.477 e. The van der Waals surface area contributed by atoms with E-state index in [1.165, 1.54) is 11.3 Å². The fraction of sp³-hybridized carbons (Fsp3) is 0.286. The number of thiophene rings is 1. The van der Waals surface area contributed by atoms with Gasteiger partial charge < -0.3 is 5.11 Å². The lowest BCUT2D eigenvalue weighted by atomic mass is 10.2. The van der Waals surface area contributed by atoms with E-state index in [4.69, 9.17) is 16.7 Å². The zero-order valence-electron chi connectivity index (χ0n) is 5.93. The summed E-state index contributed by atoms with van der Waals surface area (Å²) < 4.78 is 0. The highest BCUT2D eigenvalue weighted by molar-refractivity contribution is 7.12. The average Bonchev–Trinajstić information content (AvgIpc) is 2.30. The topological polar surface area (TPSA) is 37.3 Å². The van der Waals surface area contributed by atoms with E-state index in [0.717, 1.165) is 12.0 Å². The summed E-state index contributed by atoms with van der Waals surface area (Å²) in [5.41, 5.74) is 0.911. The van der Waals surface area contributed by atoms with Crippen molar-refractivity contribution in [3.63, 3.8) is 0 Å². The molecule has 1 N–H and O–H groups in total. The minimum atomic E-state index is -0.945. The van der Waals surface area contributed by atoms with E-state index in [0.29, 0.717) is 5.02 Å². The molecule has 0 radical (unpaired) electrons. The second-order valence-corrected chi connectivity index (χ2v) is 3.32. The minimum absolute atomic E-state index is 0.239. The van der Waals surface area contributed by atoms with Crippen molar-refractivity contribution < 1.29 is 9.90 Å². The van der Waals surface area contributed by atoms with Gasteiger partial charge in [-0.15, -0.1) is 11.3 Å². The van der Waals surface area contributed by atoms with Crippen LogP contribution in [0.1, 0.15) is 22.2 Å². The Balaban J connectivity index is 3.10. The highest BCUT2D eigenvalue weighted by Gasteiger charge is 2.13. The maximum absolute atomic E-state index is 10.5. The van der Waals surface area contributed by atoms with Gasteiger partial charge in [0.25, 0.3) is 0 Å². The Kier molecular flexibility index (Phi) is 2.52. The molecule has 1 aromatic heterocycles. The fourth-order valence-corrected chi connectivity index (χ4v) is 2.11. The molecule has 0 aliphatic heterocycles. The van der Waals surface area contributed by atoms with Crippen LogP contribution in [0, 0.1) is 0 Å². The molecule has 60 valence electrons. The molecule has 0 unspecified atom stereocenters. The monoisotopic (exact) mass is 190 g/mol. The van der Waals surface area contributed by atoms with Crippen molar-refractivity contribution in [3.8, 4) is 0 Å². The molecule has 0 aliphatic rings. The Morgan fingerprint density at radius 1 is 1.82 bits per heavy atom. The van der Waals surface area contributed by atoms with E-state index in [1.807, 2.05) is 6.92 Å². The van der Waals surface area contributed by atoms with Gasteiger partial charge in [-0.05, 0) is 17.4 Å². The molecule has 11 heavy (non-hydrogen) atoms. The van der Waals surface area contributed by atoms with E-state index >= 15 is 0 Å². The highest BCUT2D eigenvalue weighted by Crippen LogP contribution is 2.27. The minimum Gasteiger partial charge on any atom is -0.477 e. The summed E-state index contributed by atoms with van der Waals surface area (Å²) in [6, 6.07) is 0. The van der Waals surface area contributed by atoms with Crippen LogP contribution in [0.3, 0.4) is 0 Å². The highest BCUT2D eigenvalue weighted by atomic mass is 35.5. The summed E-state index contributed by atoms with van der Waals surface area (Å²) in [6.07, 6.45) is 0.780. The number of carboxylic acid groups (broad SMARTS) is 1. The Morgan fingerprint density at radius 2 is 2.45 bits per heavy atom. The van der Waals surface area contributed by atoms with Crippen molar-refractivity contribution in [1.29, 1.82) is 0 Å². The van der Waals surface area contributed by atoms with E-state index in [2.05, 4.69) is 0 Å². The molecule has 0 atom stereocenters. The SMILES string of the molecule is CCc1csc(C(=O)O)c1Cl. The molecular formula is C7H7ClO2S. The molecule has 0 spiro atoms. The molecule has 2 nitrogen and oxygen atoms in total. The van der Waals surface area contributed by atoms with Crippen LogP contribution in [0.4, 0.5) is 0 Å². The molecule has 0 fully saturated rings. The Bertz CT molecular complexity index is 280. The zero-order valence-corrected chi connectivity index (χ0v) is 7.50. The van der Waals surface area contributed by atoms with Crippen molar-refractivity contribution in [2.24, 2.45) is 0 Å². The van der Waals surface area contributed by atoms with Crippen molar-refractivity contribution in [1.82, 2.24) is 0 Å². The first-order chi connectivity index (χ1) is 5.16. The molecule has 1 aromatic rings. The molecule has 0 aromatic carbocycles. The van der Waals surface area contributed by atoms with Gasteiger partial charge in [0.1, 0.15) is 4.88 Å². The number of aryl methyl sites for hydroxylation is 1. The average molecular weight is 191 g/mol. The van der Waals surface area contributed by atoms with Crippen LogP contribution < -0.4 is 0 Å². The fourth-order valence-electron chi connectivity index (χ4n) is 0.762. The molecule has 0 saturated heterocycles. The van der Waals surface area contributed by atoms with E-state index < -0.39 is 5.97 Å². The van der Waals surface area contributed by atoms with Gasteiger partial charge in [-0.2, -0.15) is 0 Å². The maximum atomic E-state index is 10.5. The summed E-state index contributed by atoms with van der Waals surface area (Å²) in [7, 11) is 0. The Hall–Kier alpha value is -0.540. The van der Waals surface area contributed by atoms with Gasteiger partial charge in [-0.3, -0.25) is 0 Å². The van der Waals surface area contributed by atoms with Crippen LogP contribution in [-0.4, -0.2) is 11.1 Å². The van der Waals surface area contributed by atoms with Crippen molar-refractivity contribution in [2.45, 2.75) is 13.3 Å². The molecule has 0 saturated carbocycles. The first-order valence-corrected chi connectivity index (χ1v) is 4.41. The van der Waals surface area contributed by atoms with Gasteiger partial charge >= 0.3 is 5.97 Å². The van der Waals surface area contributed by atoms with Crippen LogP contribution in [0.2, 0.25) is 5.02 Å². The molecule has 0 bridgehead atoms. The summed E-state index contributed by atoms with van der Waals surface area (Å²) in [6.45, 7) is 1.94. The zero-order chi connectivity index (χ0) is 8.43. The summed E-state index contributed by atoms with van der Waals surface area (Å²) in [5.74, 6) is -0.945. The molecule has 4 heteroatoms. The quantitative estimate of drug-likeness (QED) is 0.779. The molecule has 1 heterocycles. The lowest BCUT2D eigenvalue weighted by Gasteiger charge is -1.90. The van der Waals surface area contributed by atoms with Gasteiger partial charge in [-0.25, -0.2) is 4.79 Å². The van der Waals surface area contributed by atoms with Crippen LogP contribution in [0.25, 0.3) is 0 Å². The number of hydrogen-bond donors (Lipinski definition) is 1. The van der Waals surface area contributed by atoms with Gasteiger partial charge in [0.15, 0.2) is 0 Å². The Labute approximate surface area is 73.4 Å². The second-order valence-electron chi connectivity index (χ2n) is 2.06. The van der Waals surface area contributed by atoms with Crippen molar-refractivity contribution in [3.05, 3.63) is 20.8 Å². The standard InChI is InChI=1S/C7H7ClO2S/c1-2-4-3-11-6(5(4)8)7(9)10/h3H,2H2,1H3,(H,9,10). The predicted molar refractivity (Wildman–Crippen MR) is 45.7 cm³/mol. The number of hydrogen-bond acceptors (Lipinski definition) is 2. The van der Waals surface area contributed by atoms with Gasteiger partial charge in [-0.1, -0.05) is 18.5 Å². The smallest absolute Gasteiger partial charge is 0.347 e. The molecular weight excluding hydrogens is 184 g/mol. The van der Waals surface area contributed by atoms with Crippen LogP contribution in [-0.2, 0) is 6.42 Å². The first kappa shape index (κ1) is 8.56. The molecule has 1 rings (SSSR count). The van der Waals surface area contributed by atoms with Gasteiger partial charge in [0, 0.05) is 0 Å². The maximum Gasteiger partial charge on any atom is 0.347 e. The summed E-state index contributed by atoms with van der Waals surface area (Å²) >= 11 is 6.93. The van der Waals surface area contributed by atoms with E-state index in [-0.39, 0.29) is 4.88 Å². The van der Waals surface area contributed by atoms with Crippen LogP contribution in [0.5, 0.6) is 0 Å². The third-order valence-electron chi connectivity index (χ3n) is 1.38. The van der Waals surface area contributed by atoms with Crippen molar-refractivity contribution >= 4 is 28.9 Å². The number of carbonyl (C=O) groups is 1. The predicted octanol–water partition coefficient (Wildman–Crippen LogP) is 2.66. The lowest BCUT2D eigenvalue weighted by Crippen LogP contribution is -1.92. The number of halogens is 1. The van der Waals surface area contributed by atoms with Gasteiger partial charge in [0.05, 0.1) is 5.02 Å². The number of carboxylic acids is 1. The molecule has 0 amide bonds. The Morgan fingerprint density at radius 3 is 2.73 bits per heavy atom. The second kappa shape index (κ2) is 3.24. The third kappa shape index (κ3) is 1.54. The van der Waals surface area contributed by atoms with Gasteiger partial charge in [0.2, 0.25) is 0 Å². The van der Waals surface area contributed by atoms with E-state index in [9.17, 15) is 4.79 Å². The number of rotatable bonds is 2. The summed E-state index contributed by atoms with van der Waals surface area (Å²) in [5, 5.41) is 10.8. The van der Waals surface area contributed by atoms with Crippen LogP contribution >= 0.6 is 22.9 Å². The van der Waals surface area contributed by atoms with Crippen LogP contribution in [0.15, 0.2) is 5.38 Å². The van der Waals surface area contributed by atoms with Crippen molar-refractivity contribution in [2.75, 3.05) is 0 Å². The molecule has 0 aliphatic carbocycles. The lowest BCUT2D eigenvalue weighted by molar-refractivity contribution is 0.0702. The normalized spacial score (nSPS) is 10.0. The number of aromatic carboxylic acids is 1. The third-order valence-corrected chi connectivity index (χ3v) is 2.94. The summed E-state index contributed by atoms with van der Waals surface area (Å²) in [4.78, 5) is 10.7. The van der Waals surface area contributed by atoms with E-state index in [1.54, 1.807) is 5.38 Å².